The van der Waals surface area contributed by atoms with Gasteiger partial charge in [-0.1, -0.05) is 12.1 Å². The lowest BCUT2D eigenvalue weighted by Gasteiger charge is -2.18. The smallest absolute Gasteiger partial charge is 0.227 e. The molecule has 2 aliphatic rings. The van der Waals surface area contributed by atoms with Gasteiger partial charge in [-0.25, -0.2) is 13.6 Å². The molecule has 126 valence electrons. The van der Waals surface area contributed by atoms with E-state index < -0.39 is 10.0 Å². The molecule has 0 aliphatic carbocycles. The number of amides is 1. The van der Waals surface area contributed by atoms with E-state index in [9.17, 15) is 13.2 Å². The minimum absolute atomic E-state index is 0.0362. The first-order chi connectivity index (χ1) is 10.9. The number of benzene rings is 1. The van der Waals surface area contributed by atoms with Crippen LogP contribution < -0.4 is 10.0 Å². The summed E-state index contributed by atoms with van der Waals surface area (Å²) in [6.45, 7) is 3.67. The summed E-state index contributed by atoms with van der Waals surface area (Å²) in [5.41, 5.74) is 2.07. The number of hydrogen-bond donors (Lipinski definition) is 1. The summed E-state index contributed by atoms with van der Waals surface area (Å²) in [7, 11) is -3.54. The maximum Gasteiger partial charge on any atom is 0.227 e. The van der Waals surface area contributed by atoms with Gasteiger partial charge >= 0.3 is 0 Å². The molecule has 1 unspecified atom stereocenters. The first-order valence-electron chi connectivity index (χ1n) is 8.03. The zero-order valence-electron chi connectivity index (χ0n) is 13.1. The second-order valence-corrected chi connectivity index (χ2v) is 8.21. The van der Waals surface area contributed by atoms with Crippen molar-refractivity contribution in [3.63, 3.8) is 0 Å². The van der Waals surface area contributed by atoms with Crippen LogP contribution in [0.5, 0.6) is 0 Å². The monoisotopic (exact) mass is 337 g/mol. The lowest BCUT2D eigenvalue weighted by Crippen LogP contribution is -2.27. The van der Waals surface area contributed by atoms with Gasteiger partial charge in [0.25, 0.3) is 0 Å². The van der Waals surface area contributed by atoms with Crippen molar-refractivity contribution in [3.05, 3.63) is 29.8 Å². The molecule has 0 bridgehead atoms. The van der Waals surface area contributed by atoms with Crippen molar-refractivity contribution in [1.29, 1.82) is 0 Å². The first-order valence-corrected chi connectivity index (χ1v) is 9.74. The van der Waals surface area contributed by atoms with Gasteiger partial charge in [0.15, 0.2) is 0 Å². The van der Waals surface area contributed by atoms with Crippen molar-refractivity contribution >= 4 is 21.6 Å². The number of anilines is 1. The van der Waals surface area contributed by atoms with Crippen LogP contribution in [0, 0.1) is 5.92 Å². The molecule has 1 aromatic carbocycles. The van der Waals surface area contributed by atoms with E-state index >= 15 is 0 Å². The molecule has 1 atom stereocenters. The highest BCUT2D eigenvalue weighted by Gasteiger charge is 2.32. The maximum absolute atomic E-state index is 12.1. The number of rotatable bonds is 5. The minimum Gasteiger partial charge on any atom is -0.312 e. The second kappa shape index (κ2) is 6.59. The number of sulfonamides is 1. The molecule has 2 heterocycles. The number of hydrogen-bond acceptors (Lipinski definition) is 4. The standard InChI is InChI=1S/C16H23N3O3S/c17-23(21,22)12-14-9-16(20)19(11-14)15-5-3-13(4-6-15)10-18-7-1-2-8-18/h3-6,14H,1-2,7-12H2,(H2,17,21,22). The Balaban J connectivity index is 1.63. The molecule has 2 fully saturated rings. The molecule has 23 heavy (non-hydrogen) atoms. The van der Waals surface area contributed by atoms with Crippen LogP contribution >= 0.6 is 0 Å². The number of nitrogens with zero attached hydrogens (tertiary/aromatic N) is 2. The molecule has 0 spiro atoms. The van der Waals surface area contributed by atoms with Crippen LogP contribution in [0.2, 0.25) is 0 Å². The molecule has 1 amide bonds. The van der Waals surface area contributed by atoms with Gasteiger partial charge in [0.1, 0.15) is 0 Å². The highest BCUT2D eigenvalue weighted by molar-refractivity contribution is 7.89. The van der Waals surface area contributed by atoms with E-state index in [4.69, 9.17) is 5.14 Å². The van der Waals surface area contributed by atoms with Crippen LogP contribution in [0.4, 0.5) is 5.69 Å². The van der Waals surface area contributed by atoms with E-state index in [0.29, 0.717) is 6.54 Å². The van der Waals surface area contributed by atoms with E-state index in [1.165, 1.54) is 18.4 Å². The zero-order valence-corrected chi connectivity index (χ0v) is 14.0. The number of likely N-dealkylation sites (tertiary alicyclic amines) is 1. The summed E-state index contributed by atoms with van der Waals surface area (Å²) < 4.78 is 22.4. The van der Waals surface area contributed by atoms with Gasteiger partial charge < -0.3 is 4.90 Å². The van der Waals surface area contributed by atoms with Crippen molar-refractivity contribution in [2.45, 2.75) is 25.8 Å². The number of nitrogens with two attached hydrogens (primary N) is 1. The number of carbonyl (C=O) groups excluding carboxylic acids is 1. The Morgan fingerprint density at radius 1 is 1.13 bits per heavy atom. The van der Waals surface area contributed by atoms with E-state index in [2.05, 4.69) is 4.90 Å². The average Bonchev–Trinajstić information content (AvgIpc) is 3.08. The summed E-state index contributed by atoms with van der Waals surface area (Å²) in [4.78, 5) is 16.2. The third-order valence-electron chi connectivity index (χ3n) is 4.53. The van der Waals surface area contributed by atoms with Gasteiger partial charge in [0.2, 0.25) is 15.9 Å². The highest BCUT2D eigenvalue weighted by Crippen LogP contribution is 2.26. The highest BCUT2D eigenvalue weighted by atomic mass is 32.2. The van der Waals surface area contributed by atoms with Crippen molar-refractivity contribution < 1.29 is 13.2 Å². The molecule has 7 heteroatoms. The van der Waals surface area contributed by atoms with Crippen LogP contribution in [0.3, 0.4) is 0 Å². The maximum atomic E-state index is 12.1. The summed E-state index contributed by atoms with van der Waals surface area (Å²) in [6, 6.07) is 7.99. The van der Waals surface area contributed by atoms with Crippen LogP contribution in [0.25, 0.3) is 0 Å². The number of carbonyl (C=O) groups is 1. The predicted octanol–water partition coefficient (Wildman–Crippen LogP) is 0.924. The Labute approximate surface area is 137 Å². The van der Waals surface area contributed by atoms with Crippen LogP contribution in [0.15, 0.2) is 24.3 Å². The molecular formula is C16H23N3O3S. The number of primary sulfonamides is 1. The average molecular weight is 337 g/mol. The third kappa shape index (κ3) is 4.31. The fourth-order valence-corrected chi connectivity index (χ4v) is 4.33. The Morgan fingerprint density at radius 3 is 2.39 bits per heavy atom. The Hall–Kier alpha value is -1.44. The molecule has 0 aromatic heterocycles. The van der Waals surface area contributed by atoms with E-state index in [1.807, 2.05) is 24.3 Å². The molecule has 0 saturated carbocycles. The third-order valence-corrected chi connectivity index (χ3v) is 5.46. The lowest BCUT2D eigenvalue weighted by molar-refractivity contribution is -0.117. The normalized spacial score (nSPS) is 22.9. The SMILES string of the molecule is NS(=O)(=O)CC1CC(=O)N(c2ccc(CN3CCCC3)cc2)C1. The Bertz CT molecular complexity index is 666. The summed E-state index contributed by atoms with van der Waals surface area (Å²) in [5, 5.41) is 5.08. The lowest BCUT2D eigenvalue weighted by atomic mass is 10.1. The molecule has 0 radical (unpaired) electrons. The van der Waals surface area contributed by atoms with E-state index in [1.54, 1.807) is 4.90 Å². The molecule has 6 nitrogen and oxygen atoms in total. The van der Waals surface area contributed by atoms with Gasteiger partial charge in [-0.2, -0.15) is 0 Å². The quantitative estimate of drug-likeness (QED) is 0.866. The molecular weight excluding hydrogens is 314 g/mol. The molecule has 2 aliphatic heterocycles. The summed E-state index contributed by atoms with van der Waals surface area (Å²) in [6.07, 6.45) is 2.78. The van der Waals surface area contributed by atoms with Crippen molar-refractivity contribution in [2.24, 2.45) is 11.1 Å². The second-order valence-electron chi connectivity index (χ2n) is 6.55. The summed E-state index contributed by atoms with van der Waals surface area (Å²) in [5.74, 6) is -0.393. The van der Waals surface area contributed by atoms with Crippen LogP contribution in [0.1, 0.15) is 24.8 Å². The Morgan fingerprint density at radius 2 is 1.78 bits per heavy atom. The van der Waals surface area contributed by atoms with Crippen molar-refractivity contribution in [2.75, 3.05) is 30.3 Å². The largest absolute Gasteiger partial charge is 0.312 e. The van der Waals surface area contributed by atoms with Gasteiger partial charge in [-0.3, -0.25) is 9.69 Å². The van der Waals surface area contributed by atoms with Crippen LogP contribution in [-0.2, 0) is 21.4 Å². The fraction of sp³-hybridized carbons (Fsp3) is 0.562. The van der Waals surface area contributed by atoms with E-state index in [-0.39, 0.29) is 24.0 Å². The summed E-state index contributed by atoms with van der Waals surface area (Å²) >= 11 is 0. The van der Waals surface area contributed by atoms with Gasteiger partial charge in [-0.15, -0.1) is 0 Å². The molecule has 1 aromatic rings. The van der Waals surface area contributed by atoms with Crippen molar-refractivity contribution in [3.8, 4) is 0 Å². The zero-order chi connectivity index (χ0) is 16.4. The molecule has 3 rings (SSSR count). The van der Waals surface area contributed by atoms with E-state index in [0.717, 1.165) is 25.3 Å². The van der Waals surface area contributed by atoms with Crippen molar-refractivity contribution in [1.82, 2.24) is 4.90 Å². The molecule has 2 saturated heterocycles. The topological polar surface area (TPSA) is 83.7 Å². The van der Waals surface area contributed by atoms with Gasteiger partial charge in [0.05, 0.1) is 5.75 Å². The van der Waals surface area contributed by atoms with Gasteiger partial charge in [-0.05, 0) is 43.6 Å². The predicted molar refractivity (Wildman–Crippen MR) is 89.4 cm³/mol. The fourth-order valence-electron chi connectivity index (χ4n) is 3.45. The first kappa shape index (κ1) is 16.4. The minimum atomic E-state index is -3.54. The van der Waals surface area contributed by atoms with Crippen LogP contribution in [-0.4, -0.2) is 44.6 Å². The Kier molecular flexibility index (Phi) is 4.70. The van der Waals surface area contributed by atoms with Gasteiger partial charge in [0, 0.05) is 31.1 Å². The molecule has 2 N–H and O–H groups in total.